The lowest BCUT2D eigenvalue weighted by molar-refractivity contribution is -0.125. The smallest absolute Gasteiger partial charge is 0.265 e. The first-order chi connectivity index (χ1) is 16.4. The second kappa shape index (κ2) is 10.2. The number of Topliss-reactive ketones (excluding diaryl/α,β-unsaturated/α-hetero) is 1. The van der Waals surface area contributed by atoms with Gasteiger partial charge in [-0.2, -0.15) is 0 Å². The van der Waals surface area contributed by atoms with Gasteiger partial charge in [0, 0.05) is 5.56 Å². The molecule has 1 aliphatic rings. The molecule has 0 bridgehead atoms. The number of fused-ring (bicyclic) bond motifs is 1. The van der Waals surface area contributed by atoms with Crippen LogP contribution in [-0.2, 0) is 9.59 Å². The third-order valence-electron chi connectivity index (χ3n) is 5.40. The predicted molar refractivity (Wildman–Crippen MR) is 124 cm³/mol. The number of hydrogen-bond donors (Lipinski definition) is 1. The molecule has 1 heterocycles. The first-order valence-electron chi connectivity index (χ1n) is 10.7. The van der Waals surface area contributed by atoms with Crippen LogP contribution in [0.3, 0.4) is 0 Å². The zero-order chi connectivity index (χ0) is 24.1. The normalized spacial score (nSPS) is 13.5. The van der Waals surface area contributed by atoms with Crippen LogP contribution < -0.4 is 19.7 Å². The molecule has 174 valence electrons. The molecule has 0 radical (unpaired) electrons. The molecule has 2 amide bonds. The van der Waals surface area contributed by atoms with Crippen LogP contribution in [0.2, 0.25) is 0 Å². The second-order valence-electron chi connectivity index (χ2n) is 7.79. The Morgan fingerprint density at radius 3 is 2.59 bits per heavy atom. The molecule has 0 saturated carbocycles. The van der Waals surface area contributed by atoms with Gasteiger partial charge in [0.15, 0.2) is 30.6 Å². The van der Waals surface area contributed by atoms with E-state index in [0.29, 0.717) is 11.4 Å². The first kappa shape index (κ1) is 23.0. The Labute approximate surface area is 196 Å². The fourth-order valence-corrected chi connectivity index (χ4v) is 3.59. The van der Waals surface area contributed by atoms with E-state index in [4.69, 9.17) is 9.47 Å². The van der Waals surface area contributed by atoms with Gasteiger partial charge in [-0.15, -0.1) is 0 Å². The number of nitrogens with zero attached hydrogens (tertiary/aromatic N) is 1. The molecular weight excluding hydrogens is 439 g/mol. The molecule has 7 nitrogen and oxygen atoms in total. The summed E-state index contributed by atoms with van der Waals surface area (Å²) in [4.78, 5) is 39.2. The average molecular weight is 462 g/mol. The highest BCUT2D eigenvalue weighted by Crippen LogP contribution is 2.33. The molecule has 0 aromatic heterocycles. The fraction of sp³-hybridized carbons (Fsp3) is 0.192. The van der Waals surface area contributed by atoms with Crippen molar-refractivity contribution in [3.63, 3.8) is 0 Å². The maximum Gasteiger partial charge on any atom is 0.265 e. The van der Waals surface area contributed by atoms with Crippen molar-refractivity contribution in [2.24, 2.45) is 0 Å². The molecule has 3 aromatic carbocycles. The standard InChI is InChI=1S/C26H23FN2O5/c1-17(18-7-3-2-4-8-18)28-25(31)14-29-21-13-19(11-12-24(21)34-16-26(29)32)22(30)15-33-23-10-6-5-9-20(23)27/h2-13,17H,14-16H2,1H3,(H,28,31)/t17-/m0/s1. The van der Waals surface area contributed by atoms with E-state index in [-0.39, 0.29) is 43.0 Å². The summed E-state index contributed by atoms with van der Waals surface area (Å²) in [5, 5.41) is 2.88. The lowest BCUT2D eigenvalue weighted by Crippen LogP contribution is -2.45. The minimum atomic E-state index is -0.568. The molecule has 8 heteroatoms. The van der Waals surface area contributed by atoms with Gasteiger partial charge < -0.3 is 14.8 Å². The number of benzene rings is 3. The highest BCUT2D eigenvalue weighted by atomic mass is 19.1. The van der Waals surface area contributed by atoms with E-state index in [9.17, 15) is 18.8 Å². The van der Waals surface area contributed by atoms with Crippen molar-refractivity contribution in [3.8, 4) is 11.5 Å². The maximum absolute atomic E-state index is 13.7. The molecule has 0 fully saturated rings. The minimum absolute atomic E-state index is 0.0295. The second-order valence-corrected chi connectivity index (χ2v) is 7.79. The largest absolute Gasteiger partial charge is 0.482 e. The number of ketones is 1. The average Bonchev–Trinajstić information content (AvgIpc) is 2.85. The van der Waals surface area contributed by atoms with Gasteiger partial charge >= 0.3 is 0 Å². The Morgan fingerprint density at radius 2 is 1.82 bits per heavy atom. The number of nitrogens with one attached hydrogen (secondary N) is 1. The number of ether oxygens (including phenoxy) is 2. The minimum Gasteiger partial charge on any atom is -0.482 e. The summed E-state index contributed by atoms with van der Waals surface area (Å²) in [5.41, 5.74) is 1.50. The van der Waals surface area contributed by atoms with Gasteiger partial charge in [0.1, 0.15) is 12.3 Å². The number of hydrogen-bond acceptors (Lipinski definition) is 5. The van der Waals surface area contributed by atoms with E-state index in [1.165, 1.54) is 35.2 Å². The van der Waals surface area contributed by atoms with Gasteiger partial charge in [-0.05, 0) is 42.8 Å². The quantitative estimate of drug-likeness (QED) is 0.516. The third kappa shape index (κ3) is 5.23. The predicted octanol–water partition coefficient (Wildman–Crippen LogP) is 3.69. The fourth-order valence-electron chi connectivity index (χ4n) is 3.59. The van der Waals surface area contributed by atoms with Gasteiger partial charge in [-0.1, -0.05) is 42.5 Å². The van der Waals surface area contributed by atoms with Crippen molar-refractivity contribution < 1.29 is 28.2 Å². The molecule has 34 heavy (non-hydrogen) atoms. The maximum atomic E-state index is 13.7. The van der Waals surface area contributed by atoms with Gasteiger partial charge in [-0.3, -0.25) is 19.3 Å². The van der Waals surface area contributed by atoms with Crippen LogP contribution in [0.5, 0.6) is 11.5 Å². The molecule has 0 unspecified atom stereocenters. The van der Waals surface area contributed by atoms with Crippen LogP contribution in [0.25, 0.3) is 0 Å². The SMILES string of the molecule is C[C@H](NC(=O)CN1C(=O)COc2ccc(C(=O)COc3ccccc3F)cc21)c1ccccc1. The summed E-state index contributed by atoms with van der Waals surface area (Å²) in [6.45, 7) is 1.03. The van der Waals surface area contributed by atoms with Crippen molar-refractivity contribution in [2.45, 2.75) is 13.0 Å². The number of carbonyl (C=O) groups excluding carboxylic acids is 3. The summed E-state index contributed by atoms with van der Waals surface area (Å²) < 4.78 is 24.5. The van der Waals surface area contributed by atoms with Crippen LogP contribution >= 0.6 is 0 Å². The highest BCUT2D eigenvalue weighted by molar-refractivity contribution is 6.04. The number of amides is 2. The van der Waals surface area contributed by atoms with E-state index >= 15 is 0 Å². The molecule has 0 aliphatic carbocycles. The zero-order valence-corrected chi connectivity index (χ0v) is 18.5. The van der Waals surface area contributed by atoms with E-state index in [2.05, 4.69) is 5.32 Å². The number of anilines is 1. The molecule has 1 N–H and O–H groups in total. The van der Waals surface area contributed by atoms with Gasteiger partial charge in [0.05, 0.1) is 11.7 Å². The molecule has 0 spiro atoms. The van der Waals surface area contributed by atoms with E-state index in [1.54, 1.807) is 12.1 Å². The Balaban J connectivity index is 1.47. The van der Waals surface area contributed by atoms with Gasteiger partial charge in [0.25, 0.3) is 5.91 Å². The molecule has 1 aliphatic heterocycles. The summed E-state index contributed by atoms with van der Waals surface area (Å²) in [6.07, 6.45) is 0. The van der Waals surface area contributed by atoms with Gasteiger partial charge in [0.2, 0.25) is 5.91 Å². The lowest BCUT2D eigenvalue weighted by atomic mass is 10.1. The van der Waals surface area contributed by atoms with Crippen LogP contribution in [0.4, 0.5) is 10.1 Å². The van der Waals surface area contributed by atoms with Crippen LogP contribution in [-0.4, -0.2) is 37.4 Å². The number of para-hydroxylation sites is 1. The van der Waals surface area contributed by atoms with E-state index in [1.807, 2.05) is 37.3 Å². The van der Waals surface area contributed by atoms with Crippen molar-refractivity contribution in [1.29, 1.82) is 0 Å². The molecule has 0 saturated heterocycles. The van der Waals surface area contributed by atoms with Gasteiger partial charge in [-0.25, -0.2) is 4.39 Å². The monoisotopic (exact) mass is 462 g/mol. The number of rotatable bonds is 8. The molecule has 1 atom stereocenters. The molecule has 3 aromatic rings. The third-order valence-corrected chi connectivity index (χ3v) is 5.40. The molecule has 4 rings (SSSR count). The Hall–Kier alpha value is -4.20. The van der Waals surface area contributed by atoms with E-state index in [0.717, 1.165) is 5.56 Å². The summed E-state index contributed by atoms with van der Waals surface area (Å²) in [5.74, 6) is -1.37. The van der Waals surface area contributed by atoms with Crippen LogP contribution in [0.1, 0.15) is 28.9 Å². The zero-order valence-electron chi connectivity index (χ0n) is 18.5. The number of halogens is 1. The molecular formula is C26H23FN2O5. The Morgan fingerprint density at radius 1 is 1.09 bits per heavy atom. The van der Waals surface area contributed by atoms with Crippen molar-refractivity contribution in [1.82, 2.24) is 5.32 Å². The Bertz CT molecular complexity index is 1210. The number of carbonyl (C=O) groups is 3. The van der Waals surface area contributed by atoms with Crippen LogP contribution in [0, 0.1) is 5.82 Å². The van der Waals surface area contributed by atoms with Crippen molar-refractivity contribution in [2.75, 3.05) is 24.7 Å². The highest BCUT2D eigenvalue weighted by Gasteiger charge is 2.29. The van der Waals surface area contributed by atoms with Crippen molar-refractivity contribution >= 4 is 23.3 Å². The summed E-state index contributed by atoms with van der Waals surface area (Å²) >= 11 is 0. The van der Waals surface area contributed by atoms with E-state index < -0.39 is 17.5 Å². The topological polar surface area (TPSA) is 84.9 Å². The van der Waals surface area contributed by atoms with Crippen LogP contribution in [0.15, 0.2) is 72.8 Å². The summed E-state index contributed by atoms with van der Waals surface area (Å²) in [6, 6.07) is 19.6. The first-order valence-corrected chi connectivity index (χ1v) is 10.7. The Kier molecular flexibility index (Phi) is 6.87. The lowest BCUT2D eigenvalue weighted by Gasteiger charge is -2.29. The summed E-state index contributed by atoms with van der Waals surface area (Å²) in [7, 11) is 0. The van der Waals surface area contributed by atoms with Crippen molar-refractivity contribution in [3.05, 3.63) is 89.7 Å².